The molecule has 0 aromatic heterocycles. The van der Waals surface area contributed by atoms with Gasteiger partial charge in [0.05, 0.1) is 18.7 Å². The Labute approximate surface area is 139 Å². The van der Waals surface area contributed by atoms with Crippen LogP contribution in [-0.2, 0) is 20.7 Å². The maximum absolute atomic E-state index is 12.3. The number of carbonyl (C=O) groups is 2. The molecule has 0 heterocycles. The van der Waals surface area contributed by atoms with Gasteiger partial charge in [-0.3, -0.25) is 9.59 Å². The highest BCUT2D eigenvalue weighted by Gasteiger charge is 2.20. The van der Waals surface area contributed by atoms with Crippen LogP contribution in [0.4, 0.5) is 0 Å². The molecule has 1 rings (SSSR count). The van der Waals surface area contributed by atoms with Crippen LogP contribution in [0.1, 0.15) is 25.8 Å². The molecule has 0 radical (unpaired) electrons. The number of nitrogens with zero attached hydrogens (tertiary/aromatic N) is 1. The van der Waals surface area contributed by atoms with Crippen molar-refractivity contribution in [3.63, 3.8) is 0 Å². The van der Waals surface area contributed by atoms with Crippen LogP contribution >= 0.6 is 15.9 Å². The molecule has 1 aromatic carbocycles. The van der Waals surface area contributed by atoms with Crippen LogP contribution in [-0.4, -0.2) is 43.6 Å². The highest BCUT2D eigenvalue weighted by atomic mass is 79.9. The summed E-state index contributed by atoms with van der Waals surface area (Å²) in [5.41, 5.74) is 1.03. The van der Waals surface area contributed by atoms with Crippen molar-refractivity contribution in [1.29, 1.82) is 0 Å². The average Bonchev–Trinajstić information content (AvgIpc) is 2.49. The van der Waals surface area contributed by atoms with Gasteiger partial charge >= 0.3 is 5.97 Å². The summed E-state index contributed by atoms with van der Waals surface area (Å²) in [6.45, 7) is 3.74. The van der Waals surface area contributed by atoms with Gasteiger partial charge in [-0.15, -0.1) is 0 Å². The van der Waals surface area contributed by atoms with E-state index in [9.17, 15) is 9.59 Å². The Kier molecular flexibility index (Phi) is 7.38. The van der Waals surface area contributed by atoms with E-state index in [1.807, 2.05) is 32.0 Å². The first-order valence-corrected chi connectivity index (χ1v) is 7.87. The van der Waals surface area contributed by atoms with Gasteiger partial charge in [0.25, 0.3) is 0 Å². The summed E-state index contributed by atoms with van der Waals surface area (Å²) in [6.07, 6.45) is 0.944. The fourth-order valence-corrected chi connectivity index (χ4v) is 2.61. The van der Waals surface area contributed by atoms with E-state index in [4.69, 9.17) is 4.74 Å². The van der Waals surface area contributed by atoms with Crippen molar-refractivity contribution in [3.05, 3.63) is 28.2 Å². The Bertz CT molecular complexity index is 531. The number of aryl methyl sites for hydroxylation is 1. The Morgan fingerprint density at radius 3 is 2.45 bits per heavy atom. The Morgan fingerprint density at radius 1 is 1.27 bits per heavy atom. The molecule has 122 valence electrons. The van der Waals surface area contributed by atoms with E-state index in [-0.39, 0.29) is 18.5 Å². The fraction of sp³-hybridized carbons (Fsp3) is 0.500. The summed E-state index contributed by atoms with van der Waals surface area (Å²) in [5, 5.41) is 0. The molecule has 22 heavy (non-hydrogen) atoms. The van der Waals surface area contributed by atoms with E-state index in [1.165, 1.54) is 12.0 Å². The quantitative estimate of drug-likeness (QED) is 0.691. The summed E-state index contributed by atoms with van der Waals surface area (Å²) >= 11 is 3.43. The van der Waals surface area contributed by atoms with Crippen molar-refractivity contribution in [1.82, 2.24) is 4.90 Å². The molecule has 0 atom stereocenters. The number of methoxy groups -OCH3 is 2. The van der Waals surface area contributed by atoms with E-state index in [1.54, 1.807) is 7.11 Å². The molecule has 0 unspecified atom stereocenters. The lowest BCUT2D eigenvalue weighted by atomic mass is 10.1. The lowest BCUT2D eigenvalue weighted by molar-refractivity contribution is -0.148. The molecule has 5 nitrogen and oxygen atoms in total. The maximum atomic E-state index is 12.3. The van der Waals surface area contributed by atoms with Crippen LogP contribution in [0.2, 0.25) is 0 Å². The van der Waals surface area contributed by atoms with Gasteiger partial charge in [0.15, 0.2) is 0 Å². The lowest BCUT2D eigenvalue weighted by Gasteiger charge is -2.25. The molecular weight excluding hydrogens is 350 g/mol. The molecule has 0 aliphatic heterocycles. The largest absolute Gasteiger partial charge is 0.496 e. The number of benzene rings is 1. The summed E-state index contributed by atoms with van der Waals surface area (Å²) in [5.74, 6) is 0.283. The zero-order chi connectivity index (χ0) is 16.7. The monoisotopic (exact) mass is 371 g/mol. The van der Waals surface area contributed by atoms with E-state index in [0.29, 0.717) is 12.8 Å². The number of carbonyl (C=O) groups excluding carboxylic acids is 2. The van der Waals surface area contributed by atoms with Crippen molar-refractivity contribution in [3.8, 4) is 5.75 Å². The third-order valence-electron chi connectivity index (χ3n) is 3.31. The van der Waals surface area contributed by atoms with Crippen LogP contribution in [0.25, 0.3) is 0 Å². The second-order valence-corrected chi connectivity index (χ2v) is 6.01. The normalized spacial score (nSPS) is 10.5. The van der Waals surface area contributed by atoms with Gasteiger partial charge in [-0.1, -0.05) is 6.07 Å². The number of rotatable bonds is 7. The van der Waals surface area contributed by atoms with Crippen LogP contribution in [0, 0.1) is 0 Å². The topological polar surface area (TPSA) is 55.8 Å². The molecule has 0 N–H and O–H groups in total. The van der Waals surface area contributed by atoms with Crippen molar-refractivity contribution >= 4 is 27.8 Å². The van der Waals surface area contributed by atoms with E-state index in [2.05, 4.69) is 20.7 Å². The Morgan fingerprint density at radius 2 is 1.95 bits per heavy atom. The van der Waals surface area contributed by atoms with Crippen LogP contribution in [0.5, 0.6) is 5.75 Å². The van der Waals surface area contributed by atoms with E-state index < -0.39 is 5.97 Å². The molecule has 0 aliphatic rings. The van der Waals surface area contributed by atoms with Crippen LogP contribution in [0.3, 0.4) is 0 Å². The Hall–Kier alpha value is -1.56. The minimum atomic E-state index is -0.408. The van der Waals surface area contributed by atoms with Crippen molar-refractivity contribution in [2.45, 2.75) is 32.7 Å². The third kappa shape index (κ3) is 5.33. The van der Waals surface area contributed by atoms with Gasteiger partial charge in [-0.05, 0) is 53.9 Å². The average molecular weight is 372 g/mol. The van der Waals surface area contributed by atoms with E-state index in [0.717, 1.165) is 15.8 Å². The minimum Gasteiger partial charge on any atom is -0.496 e. The van der Waals surface area contributed by atoms with Gasteiger partial charge in [-0.2, -0.15) is 0 Å². The smallest absolute Gasteiger partial charge is 0.325 e. The zero-order valence-corrected chi connectivity index (χ0v) is 15.0. The molecule has 0 saturated heterocycles. The highest BCUT2D eigenvalue weighted by Crippen LogP contribution is 2.26. The summed E-state index contributed by atoms with van der Waals surface area (Å²) in [6, 6.07) is 5.68. The fourth-order valence-electron chi connectivity index (χ4n) is 2.02. The standard InChI is InChI=1S/C16H22BrNO4/c1-11(2)18(10-16(20)22-4)15(19)8-6-12-5-7-14(21-3)13(17)9-12/h5,7,9,11H,6,8,10H2,1-4H3. The first-order valence-electron chi connectivity index (χ1n) is 7.07. The van der Waals surface area contributed by atoms with Crippen molar-refractivity contribution in [2.24, 2.45) is 0 Å². The Balaban J connectivity index is 2.66. The van der Waals surface area contributed by atoms with Crippen molar-refractivity contribution < 1.29 is 19.1 Å². The molecule has 1 aromatic rings. The van der Waals surface area contributed by atoms with E-state index >= 15 is 0 Å². The molecular formula is C16H22BrNO4. The van der Waals surface area contributed by atoms with Gasteiger partial charge < -0.3 is 14.4 Å². The molecule has 0 bridgehead atoms. The van der Waals surface area contributed by atoms with Gasteiger partial charge in [0.1, 0.15) is 12.3 Å². The number of halogens is 1. The highest BCUT2D eigenvalue weighted by molar-refractivity contribution is 9.10. The first kappa shape index (κ1) is 18.5. The number of amides is 1. The summed E-state index contributed by atoms with van der Waals surface area (Å²) in [7, 11) is 2.93. The van der Waals surface area contributed by atoms with Crippen LogP contribution < -0.4 is 4.74 Å². The lowest BCUT2D eigenvalue weighted by Crippen LogP contribution is -2.41. The zero-order valence-electron chi connectivity index (χ0n) is 13.4. The van der Waals surface area contributed by atoms with Gasteiger partial charge in [-0.25, -0.2) is 0 Å². The summed E-state index contributed by atoms with van der Waals surface area (Å²) in [4.78, 5) is 25.2. The molecule has 0 aliphatic carbocycles. The predicted octanol–water partition coefficient (Wildman–Crippen LogP) is 2.80. The number of hydrogen-bond donors (Lipinski definition) is 0. The molecule has 0 spiro atoms. The maximum Gasteiger partial charge on any atom is 0.325 e. The third-order valence-corrected chi connectivity index (χ3v) is 3.93. The van der Waals surface area contributed by atoms with Gasteiger partial charge in [0, 0.05) is 12.5 Å². The molecule has 6 heteroatoms. The second kappa shape index (κ2) is 8.78. The predicted molar refractivity (Wildman–Crippen MR) is 87.9 cm³/mol. The molecule has 1 amide bonds. The first-order chi connectivity index (χ1) is 10.4. The molecule has 0 fully saturated rings. The minimum absolute atomic E-state index is 0.0146. The number of ether oxygens (including phenoxy) is 2. The SMILES string of the molecule is COC(=O)CN(C(=O)CCc1ccc(OC)c(Br)c1)C(C)C. The molecule has 0 saturated carbocycles. The summed E-state index contributed by atoms with van der Waals surface area (Å²) < 4.78 is 10.7. The van der Waals surface area contributed by atoms with Gasteiger partial charge in [0.2, 0.25) is 5.91 Å². The van der Waals surface area contributed by atoms with Crippen LogP contribution in [0.15, 0.2) is 22.7 Å². The van der Waals surface area contributed by atoms with Crippen molar-refractivity contribution in [2.75, 3.05) is 20.8 Å². The second-order valence-electron chi connectivity index (χ2n) is 5.16. The number of esters is 1. The number of hydrogen-bond acceptors (Lipinski definition) is 4.